The first kappa shape index (κ1) is 23.7. The molecule has 0 aromatic heterocycles. The first-order chi connectivity index (χ1) is 13.2. The van der Waals surface area contributed by atoms with E-state index in [0.29, 0.717) is 29.0 Å². The zero-order valence-corrected chi connectivity index (χ0v) is 17.7. The molecule has 1 aromatic rings. The lowest BCUT2D eigenvalue weighted by Gasteiger charge is -2.07. The van der Waals surface area contributed by atoms with Crippen molar-refractivity contribution in [1.82, 2.24) is 0 Å². The Morgan fingerprint density at radius 3 is 1.93 bits per heavy atom. The summed E-state index contributed by atoms with van der Waals surface area (Å²) in [4.78, 5) is 22.8. The largest absolute Gasteiger partial charge is 0.326 e. The van der Waals surface area contributed by atoms with E-state index >= 15 is 0 Å². The highest BCUT2D eigenvalue weighted by atomic mass is 35.5. The van der Waals surface area contributed by atoms with Gasteiger partial charge in [-0.1, -0.05) is 95.6 Å². The number of rotatable bonds is 16. The molecule has 0 saturated carbocycles. The van der Waals surface area contributed by atoms with Gasteiger partial charge in [-0.15, -0.1) is 0 Å². The Morgan fingerprint density at radius 1 is 0.889 bits per heavy atom. The number of carbonyl (C=O) groups is 2. The molecular formula is C23H36ClNO2. The van der Waals surface area contributed by atoms with Gasteiger partial charge in [-0.2, -0.15) is 0 Å². The SMILES string of the molecule is CCCCCCCCCCCCCCCC(=O)Nc1ccc(Cl)c(C=O)c1. The van der Waals surface area contributed by atoms with Gasteiger partial charge in [-0.25, -0.2) is 0 Å². The highest BCUT2D eigenvalue weighted by Crippen LogP contribution is 2.19. The van der Waals surface area contributed by atoms with E-state index in [9.17, 15) is 9.59 Å². The third kappa shape index (κ3) is 11.9. The molecule has 0 spiro atoms. The van der Waals surface area contributed by atoms with Crippen LogP contribution < -0.4 is 5.32 Å². The molecule has 0 aliphatic carbocycles. The molecule has 152 valence electrons. The lowest BCUT2D eigenvalue weighted by atomic mass is 10.0. The van der Waals surface area contributed by atoms with E-state index in [1.165, 1.54) is 70.6 Å². The summed E-state index contributed by atoms with van der Waals surface area (Å²) in [5, 5.41) is 3.23. The second-order valence-electron chi connectivity index (χ2n) is 7.39. The number of hydrogen-bond acceptors (Lipinski definition) is 2. The fourth-order valence-corrected chi connectivity index (χ4v) is 3.40. The molecule has 1 rings (SSSR count). The van der Waals surface area contributed by atoms with Gasteiger partial charge in [0.05, 0.1) is 5.02 Å². The zero-order valence-electron chi connectivity index (χ0n) is 16.9. The van der Waals surface area contributed by atoms with E-state index in [4.69, 9.17) is 11.6 Å². The average molecular weight is 394 g/mol. The summed E-state index contributed by atoms with van der Waals surface area (Å²) in [7, 11) is 0. The fraction of sp³-hybridized carbons (Fsp3) is 0.652. The molecule has 1 amide bonds. The average Bonchev–Trinajstić information content (AvgIpc) is 2.67. The maximum atomic E-state index is 12.0. The Bertz CT molecular complexity index is 545. The predicted molar refractivity (Wildman–Crippen MR) is 116 cm³/mol. The number of benzene rings is 1. The van der Waals surface area contributed by atoms with Gasteiger partial charge in [0, 0.05) is 17.7 Å². The van der Waals surface area contributed by atoms with Gasteiger partial charge in [0.2, 0.25) is 5.91 Å². The van der Waals surface area contributed by atoms with Crippen molar-refractivity contribution >= 4 is 29.5 Å². The molecular weight excluding hydrogens is 358 g/mol. The lowest BCUT2D eigenvalue weighted by molar-refractivity contribution is -0.116. The molecule has 0 fully saturated rings. The molecule has 3 nitrogen and oxygen atoms in total. The summed E-state index contributed by atoms with van der Waals surface area (Å²) < 4.78 is 0. The lowest BCUT2D eigenvalue weighted by Crippen LogP contribution is -2.11. The van der Waals surface area contributed by atoms with Gasteiger partial charge in [-0.3, -0.25) is 9.59 Å². The van der Waals surface area contributed by atoms with Crippen molar-refractivity contribution < 1.29 is 9.59 Å². The summed E-state index contributed by atoms with van der Waals surface area (Å²) in [5.74, 6) is -0.00255. The Labute approximate surface area is 170 Å². The number of hydrogen-bond donors (Lipinski definition) is 1. The maximum absolute atomic E-state index is 12.0. The quantitative estimate of drug-likeness (QED) is 0.232. The van der Waals surface area contributed by atoms with Gasteiger partial charge in [0.15, 0.2) is 6.29 Å². The number of carbonyl (C=O) groups excluding carboxylic acids is 2. The molecule has 0 heterocycles. The van der Waals surface area contributed by atoms with Gasteiger partial charge >= 0.3 is 0 Å². The molecule has 1 aromatic carbocycles. The van der Waals surface area contributed by atoms with E-state index in [2.05, 4.69) is 12.2 Å². The first-order valence-electron chi connectivity index (χ1n) is 10.7. The van der Waals surface area contributed by atoms with Crippen molar-refractivity contribution in [2.75, 3.05) is 5.32 Å². The zero-order chi connectivity index (χ0) is 19.7. The van der Waals surface area contributed by atoms with Crippen LogP contribution in [0.3, 0.4) is 0 Å². The maximum Gasteiger partial charge on any atom is 0.224 e. The van der Waals surface area contributed by atoms with Crippen LogP contribution in [0.1, 0.15) is 107 Å². The monoisotopic (exact) mass is 393 g/mol. The molecule has 4 heteroatoms. The van der Waals surface area contributed by atoms with Crippen LogP contribution >= 0.6 is 11.6 Å². The van der Waals surface area contributed by atoms with E-state index in [0.717, 1.165) is 12.8 Å². The number of anilines is 1. The Balaban J connectivity index is 1.96. The third-order valence-electron chi connectivity index (χ3n) is 4.91. The number of unbranched alkanes of at least 4 members (excludes halogenated alkanes) is 12. The molecule has 0 radical (unpaired) electrons. The molecule has 27 heavy (non-hydrogen) atoms. The molecule has 0 saturated heterocycles. The van der Waals surface area contributed by atoms with Crippen LogP contribution in [0.5, 0.6) is 0 Å². The van der Waals surface area contributed by atoms with Crippen molar-refractivity contribution in [2.45, 2.75) is 96.8 Å². The van der Waals surface area contributed by atoms with E-state index in [-0.39, 0.29) is 5.91 Å². The molecule has 1 N–H and O–H groups in total. The van der Waals surface area contributed by atoms with Gasteiger partial charge < -0.3 is 5.32 Å². The first-order valence-corrected chi connectivity index (χ1v) is 11.1. The van der Waals surface area contributed by atoms with Crippen LogP contribution in [-0.2, 0) is 4.79 Å². The summed E-state index contributed by atoms with van der Waals surface area (Å²) in [6.45, 7) is 2.26. The number of halogens is 1. The minimum Gasteiger partial charge on any atom is -0.326 e. The molecule has 0 aliphatic rings. The molecule has 0 unspecified atom stereocenters. The Kier molecular flexibility index (Phi) is 13.8. The summed E-state index contributed by atoms with van der Waals surface area (Å²) in [6, 6.07) is 4.96. The van der Waals surface area contributed by atoms with Crippen LogP contribution in [0.4, 0.5) is 5.69 Å². The van der Waals surface area contributed by atoms with Crippen LogP contribution in [0, 0.1) is 0 Å². The van der Waals surface area contributed by atoms with Crippen molar-refractivity contribution in [3.8, 4) is 0 Å². The number of nitrogens with one attached hydrogen (secondary N) is 1. The van der Waals surface area contributed by atoms with E-state index in [1.807, 2.05) is 0 Å². The van der Waals surface area contributed by atoms with E-state index < -0.39 is 0 Å². The second kappa shape index (κ2) is 15.7. The fourth-order valence-electron chi connectivity index (χ4n) is 3.24. The van der Waals surface area contributed by atoms with E-state index in [1.54, 1.807) is 18.2 Å². The van der Waals surface area contributed by atoms with Gasteiger partial charge in [-0.05, 0) is 24.6 Å². The normalized spacial score (nSPS) is 10.7. The van der Waals surface area contributed by atoms with Crippen LogP contribution in [0.25, 0.3) is 0 Å². The Morgan fingerprint density at radius 2 is 1.41 bits per heavy atom. The van der Waals surface area contributed by atoms with Crippen molar-refractivity contribution in [2.24, 2.45) is 0 Å². The Hall–Kier alpha value is -1.35. The summed E-state index contributed by atoms with van der Waals surface area (Å²) in [6.07, 6.45) is 18.1. The predicted octanol–water partition coefficient (Wildman–Crippen LogP) is 7.57. The highest BCUT2D eigenvalue weighted by Gasteiger charge is 2.05. The smallest absolute Gasteiger partial charge is 0.224 e. The van der Waals surface area contributed by atoms with Crippen molar-refractivity contribution in [1.29, 1.82) is 0 Å². The van der Waals surface area contributed by atoms with Crippen molar-refractivity contribution in [3.05, 3.63) is 28.8 Å². The third-order valence-corrected chi connectivity index (χ3v) is 5.26. The molecule has 0 aliphatic heterocycles. The van der Waals surface area contributed by atoms with Crippen LogP contribution in [0.15, 0.2) is 18.2 Å². The van der Waals surface area contributed by atoms with Crippen molar-refractivity contribution in [3.63, 3.8) is 0 Å². The summed E-state index contributed by atoms with van der Waals surface area (Å²) >= 11 is 5.89. The number of amides is 1. The topological polar surface area (TPSA) is 46.2 Å². The van der Waals surface area contributed by atoms with Gasteiger partial charge in [0.25, 0.3) is 0 Å². The second-order valence-corrected chi connectivity index (χ2v) is 7.80. The number of aldehydes is 1. The van der Waals surface area contributed by atoms with Gasteiger partial charge in [0.1, 0.15) is 0 Å². The minimum absolute atomic E-state index is 0.00255. The summed E-state index contributed by atoms with van der Waals surface area (Å²) in [5.41, 5.74) is 1.02. The molecule has 0 atom stereocenters. The van der Waals surface area contributed by atoms with Crippen LogP contribution in [0.2, 0.25) is 5.02 Å². The molecule has 0 bridgehead atoms. The standard InChI is InChI=1S/C23H36ClNO2/c1-2-3-4-5-6-7-8-9-10-11-12-13-14-15-23(27)25-21-16-17-22(24)20(18-21)19-26/h16-19H,2-15H2,1H3,(H,25,27). The highest BCUT2D eigenvalue weighted by molar-refractivity contribution is 6.33. The van der Waals surface area contributed by atoms with Crippen LogP contribution in [-0.4, -0.2) is 12.2 Å². The minimum atomic E-state index is -0.00255.